The van der Waals surface area contributed by atoms with Gasteiger partial charge in [-0.2, -0.15) is 13.2 Å². The van der Waals surface area contributed by atoms with Crippen LogP contribution in [0.5, 0.6) is 0 Å². The predicted molar refractivity (Wildman–Crippen MR) is 89.5 cm³/mol. The van der Waals surface area contributed by atoms with Gasteiger partial charge in [-0.05, 0) is 17.5 Å². The Morgan fingerprint density at radius 1 is 1.04 bits per heavy atom. The van der Waals surface area contributed by atoms with E-state index in [1.165, 1.54) is 24.3 Å². The molecule has 2 rings (SSSR count). The third kappa shape index (κ3) is 5.76. The van der Waals surface area contributed by atoms with E-state index in [0.717, 1.165) is 0 Å². The number of carbonyl (C=O) groups is 1. The smallest absolute Gasteiger partial charge is 0.388 e. The number of nitrogens with one attached hydrogen (secondary N) is 1. The first kappa shape index (κ1) is 18.7. The minimum atomic E-state index is -4.64. The van der Waals surface area contributed by atoms with Gasteiger partial charge in [0.15, 0.2) is 0 Å². The van der Waals surface area contributed by atoms with Crippen molar-refractivity contribution in [2.45, 2.75) is 18.7 Å². The maximum absolute atomic E-state index is 13.1. The number of halogens is 3. The van der Waals surface area contributed by atoms with Gasteiger partial charge < -0.3 is 10.4 Å². The average molecular weight is 349 g/mol. The first-order valence-electron chi connectivity index (χ1n) is 7.73. The van der Waals surface area contributed by atoms with Gasteiger partial charge in [-0.15, -0.1) is 0 Å². The molecule has 0 aliphatic rings. The van der Waals surface area contributed by atoms with Crippen LogP contribution in [-0.2, 0) is 4.79 Å². The van der Waals surface area contributed by atoms with Gasteiger partial charge >= 0.3 is 6.18 Å². The summed E-state index contributed by atoms with van der Waals surface area (Å²) in [5.74, 6) is -0.851. The second kappa shape index (κ2) is 8.48. The number of rotatable bonds is 6. The summed E-state index contributed by atoms with van der Waals surface area (Å²) in [4.78, 5) is 11.8. The standard InChI is InChI=1S/C19H18F3NO2/c20-19(21,22)16(14-7-3-1-4-8-14)13-18(25)23-12-11-17(24)15-9-5-2-6-10-15/h1-10,13,17,24H,11-12H2,(H,23,25). The fraction of sp³-hybridized carbons (Fsp3) is 0.211. The fourth-order valence-electron chi connectivity index (χ4n) is 2.30. The number of hydrogen-bond acceptors (Lipinski definition) is 2. The first-order chi connectivity index (χ1) is 11.9. The molecule has 0 saturated heterocycles. The number of carbonyl (C=O) groups excluding carboxylic acids is 1. The molecular formula is C19H18F3NO2. The molecule has 0 bridgehead atoms. The van der Waals surface area contributed by atoms with Crippen LogP contribution in [0, 0.1) is 0 Å². The molecular weight excluding hydrogens is 331 g/mol. The van der Waals surface area contributed by atoms with Gasteiger partial charge in [-0.3, -0.25) is 4.79 Å². The molecule has 1 amide bonds. The van der Waals surface area contributed by atoms with E-state index in [1.54, 1.807) is 30.3 Å². The monoisotopic (exact) mass is 349 g/mol. The van der Waals surface area contributed by atoms with Crippen molar-refractivity contribution in [1.82, 2.24) is 5.32 Å². The number of amides is 1. The molecule has 0 heterocycles. The van der Waals surface area contributed by atoms with Crippen LogP contribution in [-0.4, -0.2) is 23.7 Å². The van der Waals surface area contributed by atoms with Gasteiger partial charge in [0.1, 0.15) is 0 Å². The van der Waals surface area contributed by atoms with Crippen molar-refractivity contribution < 1.29 is 23.1 Å². The van der Waals surface area contributed by atoms with Gasteiger partial charge in [0.2, 0.25) is 5.91 Å². The van der Waals surface area contributed by atoms with Crippen molar-refractivity contribution in [1.29, 1.82) is 0 Å². The van der Waals surface area contributed by atoms with Crippen LogP contribution in [0.15, 0.2) is 66.7 Å². The SMILES string of the molecule is O=C(C=C(c1ccccc1)C(F)(F)F)NCCC(O)c1ccccc1. The largest absolute Gasteiger partial charge is 0.417 e. The lowest BCUT2D eigenvalue weighted by molar-refractivity contribution is -0.117. The molecule has 2 aromatic carbocycles. The highest BCUT2D eigenvalue weighted by Crippen LogP contribution is 2.33. The van der Waals surface area contributed by atoms with E-state index < -0.39 is 23.8 Å². The summed E-state index contributed by atoms with van der Waals surface area (Å²) < 4.78 is 39.4. The fourth-order valence-corrected chi connectivity index (χ4v) is 2.30. The number of allylic oxidation sites excluding steroid dienone is 1. The van der Waals surface area contributed by atoms with E-state index in [9.17, 15) is 23.1 Å². The minimum Gasteiger partial charge on any atom is -0.388 e. The summed E-state index contributed by atoms with van der Waals surface area (Å²) >= 11 is 0. The summed E-state index contributed by atoms with van der Waals surface area (Å²) in [6, 6.07) is 16.0. The Balaban J connectivity index is 1.98. The summed E-state index contributed by atoms with van der Waals surface area (Å²) in [6.07, 6.45) is -4.68. The van der Waals surface area contributed by atoms with Crippen molar-refractivity contribution in [3.05, 3.63) is 77.9 Å². The van der Waals surface area contributed by atoms with Gasteiger partial charge in [-0.1, -0.05) is 60.7 Å². The molecule has 3 nitrogen and oxygen atoms in total. The summed E-state index contributed by atoms with van der Waals surface area (Å²) in [7, 11) is 0. The van der Waals surface area contributed by atoms with Crippen LogP contribution in [0.1, 0.15) is 23.7 Å². The first-order valence-corrected chi connectivity index (χ1v) is 7.73. The molecule has 6 heteroatoms. The van der Waals surface area contributed by atoms with Crippen molar-refractivity contribution in [3.63, 3.8) is 0 Å². The molecule has 132 valence electrons. The Hall–Kier alpha value is -2.60. The lowest BCUT2D eigenvalue weighted by Gasteiger charge is -2.13. The molecule has 0 fully saturated rings. The lowest BCUT2D eigenvalue weighted by atomic mass is 10.0. The van der Waals surface area contributed by atoms with E-state index >= 15 is 0 Å². The predicted octanol–water partition coefficient (Wildman–Crippen LogP) is 3.87. The molecule has 1 atom stereocenters. The second-order valence-corrected chi connectivity index (χ2v) is 5.43. The number of aliphatic hydroxyl groups is 1. The molecule has 1 unspecified atom stereocenters. The lowest BCUT2D eigenvalue weighted by Crippen LogP contribution is -2.25. The van der Waals surface area contributed by atoms with Crippen LogP contribution < -0.4 is 5.32 Å². The molecule has 2 N–H and O–H groups in total. The normalized spacial score (nSPS) is 13.4. The Bertz CT molecular complexity index is 712. The van der Waals surface area contributed by atoms with E-state index in [1.807, 2.05) is 6.07 Å². The second-order valence-electron chi connectivity index (χ2n) is 5.43. The summed E-state index contributed by atoms with van der Waals surface area (Å²) in [5, 5.41) is 12.4. The molecule has 0 aliphatic heterocycles. The Morgan fingerprint density at radius 2 is 1.60 bits per heavy atom. The average Bonchev–Trinajstić information content (AvgIpc) is 2.60. The van der Waals surface area contributed by atoms with E-state index in [-0.39, 0.29) is 18.5 Å². The quantitative estimate of drug-likeness (QED) is 0.778. The van der Waals surface area contributed by atoms with Gasteiger partial charge in [0.05, 0.1) is 11.7 Å². The van der Waals surface area contributed by atoms with E-state index in [4.69, 9.17) is 0 Å². The number of aliphatic hydroxyl groups excluding tert-OH is 1. The maximum Gasteiger partial charge on any atom is 0.417 e. The zero-order valence-electron chi connectivity index (χ0n) is 13.3. The molecule has 0 aromatic heterocycles. The third-order valence-corrected chi connectivity index (χ3v) is 3.57. The third-order valence-electron chi connectivity index (χ3n) is 3.57. The zero-order chi connectivity index (χ0) is 18.3. The van der Waals surface area contributed by atoms with Crippen LogP contribution >= 0.6 is 0 Å². The highest BCUT2D eigenvalue weighted by atomic mass is 19.4. The molecule has 0 spiro atoms. The summed E-state index contributed by atoms with van der Waals surface area (Å²) in [5.41, 5.74) is -0.392. The zero-order valence-corrected chi connectivity index (χ0v) is 13.3. The van der Waals surface area contributed by atoms with E-state index in [0.29, 0.717) is 11.6 Å². The van der Waals surface area contributed by atoms with Crippen molar-refractivity contribution in [2.24, 2.45) is 0 Å². The number of benzene rings is 2. The molecule has 0 aliphatic carbocycles. The number of alkyl halides is 3. The van der Waals surface area contributed by atoms with Crippen LogP contribution in [0.2, 0.25) is 0 Å². The molecule has 0 radical (unpaired) electrons. The highest BCUT2D eigenvalue weighted by Gasteiger charge is 2.35. The summed E-state index contributed by atoms with van der Waals surface area (Å²) in [6.45, 7) is 0.0608. The van der Waals surface area contributed by atoms with Crippen LogP contribution in [0.25, 0.3) is 5.57 Å². The molecule has 25 heavy (non-hydrogen) atoms. The maximum atomic E-state index is 13.1. The van der Waals surface area contributed by atoms with Crippen LogP contribution in [0.3, 0.4) is 0 Å². The highest BCUT2D eigenvalue weighted by molar-refractivity contribution is 5.96. The van der Waals surface area contributed by atoms with Crippen molar-refractivity contribution in [3.8, 4) is 0 Å². The van der Waals surface area contributed by atoms with Gasteiger partial charge in [0, 0.05) is 12.6 Å². The van der Waals surface area contributed by atoms with Crippen molar-refractivity contribution in [2.75, 3.05) is 6.54 Å². The minimum absolute atomic E-state index is 0.0608. The Kier molecular flexibility index (Phi) is 6.36. The van der Waals surface area contributed by atoms with Crippen LogP contribution in [0.4, 0.5) is 13.2 Å². The molecule has 2 aromatic rings. The number of hydrogen-bond donors (Lipinski definition) is 2. The van der Waals surface area contributed by atoms with Crippen molar-refractivity contribution >= 4 is 11.5 Å². The van der Waals surface area contributed by atoms with E-state index in [2.05, 4.69) is 5.32 Å². The molecule has 0 saturated carbocycles. The van der Waals surface area contributed by atoms with Gasteiger partial charge in [0.25, 0.3) is 0 Å². The Labute approximate surface area is 143 Å². The Morgan fingerprint density at radius 3 is 2.16 bits per heavy atom. The topological polar surface area (TPSA) is 49.3 Å². The van der Waals surface area contributed by atoms with Gasteiger partial charge in [-0.25, -0.2) is 0 Å².